The Labute approximate surface area is 94.1 Å². The minimum atomic E-state index is -0.298. The van der Waals surface area contributed by atoms with Gasteiger partial charge in [-0.15, -0.1) is 0 Å². The van der Waals surface area contributed by atoms with E-state index >= 15 is 0 Å². The predicted molar refractivity (Wildman–Crippen MR) is 57.1 cm³/mol. The Bertz CT molecular complexity index is 356. The Morgan fingerprint density at radius 2 is 2.38 bits per heavy atom. The molecular formula is C11H16N2O3. The van der Waals surface area contributed by atoms with Crippen molar-refractivity contribution in [2.45, 2.75) is 25.2 Å². The van der Waals surface area contributed by atoms with Gasteiger partial charge in [0.1, 0.15) is 12.2 Å². The second-order valence-electron chi connectivity index (χ2n) is 4.00. The zero-order valence-corrected chi connectivity index (χ0v) is 9.36. The van der Waals surface area contributed by atoms with Crippen LogP contribution in [0.5, 0.6) is 0 Å². The fourth-order valence-corrected chi connectivity index (χ4v) is 1.94. The average molecular weight is 224 g/mol. The first-order chi connectivity index (χ1) is 7.79. The summed E-state index contributed by atoms with van der Waals surface area (Å²) in [5.41, 5.74) is 0.959. The summed E-state index contributed by atoms with van der Waals surface area (Å²) < 4.78 is 9.69. The van der Waals surface area contributed by atoms with E-state index in [1.165, 1.54) is 7.11 Å². The van der Waals surface area contributed by atoms with Gasteiger partial charge in [0.15, 0.2) is 0 Å². The van der Waals surface area contributed by atoms with Gasteiger partial charge in [-0.3, -0.25) is 4.79 Å². The van der Waals surface area contributed by atoms with E-state index < -0.39 is 0 Å². The highest BCUT2D eigenvalue weighted by Gasteiger charge is 2.19. The second kappa shape index (κ2) is 5.12. The number of aromatic nitrogens is 1. The van der Waals surface area contributed by atoms with Crippen molar-refractivity contribution in [1.29, 1.82) is 0 Å². The lowest BCUT2D eigenvalue weighted by Crippen LogP contribution is -2.26. The number of rotatable bonds is 3. The van der Waals surface area contributed by atoms with Crippen LogP contribution < -0.4 is 5.32 Å². The minimum Gasteiger partial charge on any atom is -0.469 e. The molecule has 5 heteroatoms. The standard InChI is InChI=1S/C11H16N2O3/c1-15-11(14)7-9-6-10(13-16-9)8-2-4-12-5-3-8/h6,8,12H,2-5,7H2,1H3. The zero-order chi connectivity index (χ0) is 11.4. The number of hydrogen-bond acceptors (Lipinski definition) is 5. The van der Waals surface area contributed by atoms with Crippen molar-refractivity contribution in [2.75, 3.05) is 20.2 Å². The number of carbonyl (C=O) groups excluding carboxylic acids is 1. The van der Waals surface area contributed by atoms with Gasteiger partial charge in [0, 0.05) is 12.0 Å². The van der Waals surface area contributed by atoms with Crippen LogP contribution in [0.15, 0.2) is 10.6 Å². The van der Waals surface area contributed by atoms with Crippen LogP contribution in [0.2, 0.25) is 0 Å². The molecule has 2 heterocycles. The van der Waals surface area contributed by atoms with E-state index in [2.05, 4.69) is 15.2 Å². The largest absolute Gasteiger partial charge is 0.469 e. The summed E-state index contributed by atoms with van der Waals surface area (Å²) in [7, 11) is 1.37. The van der Waals surface area contributed by atoms with Gasteiger partial charge < -0.3 is 14.6 Å². The maximum atomic E-state index is 11.0. The molecule has 0 atom stereocenters. The molecule has 0 bridgehead atoms. The van der Waals surface area contributed by atoms with Gasteiger partial charge >= 0.3 is 5.97 Å². The quantitative estimate of drug-likeness (QED) is 0.771. The number of piperidine rings is 1. The van der Waals surface area contributed by atoms with Crippen LogP contribution in [0.25, 0.3) is 0 Å². The summed E-state index contributed by atoms with van der Waals surface area (Å²) in [6.45, 7) is 2.04. The lowest BCUT2D eigenvalue weighted by atomic mass is 9.94. The van der Waals surface area contributed by atoms with Crippen molar-refractivity contribution in [3.63, 3.8) is 0 Å². The molecule has 1 aliphatic heterocycles. The third-order valence-electron chi connectivity index (χ3n) is 2.88. The molecule has 1 aliphatic rings. The smallest absolute Gasteiger partial charge is 0.313 e. The molecule has 0 unspecified atom stereocenters. The van der Waals surface area contributed by atoms with Crippen LogP contribution in [0.1, 0.15) is 30.2 Å². The summed E-state index contributed by atoms with van der Waals surface area (Å²) in [5.74, 6) is 0.741. The van der Waals surface area contributed by atoms with Gasteiger partial charge in [-0.05, 0) is 25.9 Å². The van der Waals surface area contributed by atoms with Crippen LogP contribution in [0, 0.1) is 0 Å². The number of esters is 1. The molecule has 0 spiro atoms. The number of carbonyl (C=O) groups is 1. The molecule has 1 N–H and O–H groups in total. The van der Waals surface area contributed by atoms with E-state index in [1.807, 2.05) is 6.07 Å². The SMILES string of the molecule is COC(=O)Cc1cc(C2CCNCC2)no1. The molecule has 0 radical (unpaired) electrons. The Kier molecular flexibility index (Phi) is 3.56. The number of nitrogens with zero attached hydrogens (tertiary/aromatic N) is 1. The van der Waals surface area contributed by atoms with Crippen LogP contribution in [0.4, 0.5) is 0 Å². The van der Waals surface area contributed by atoms with Crippen LogP contribution in [-0.4, -0.2) is 31.3 Å². The lowest BCUT2D eigenvalue weighted by molar-refractivity contribution is -0.140. The van der Waals surface area contributed by atoms with Crippen molar-refractivity contribution < 1.29 is 14.1 Å². The minimum absolute atomic E-state index is 0.161. The molecule has 5 nitrogen and oxygen atoms in total. The van der Waals surface area contributed by atoms with Crippen molar-refractivity contribution >= 4 is 5.97 Å². The first-order valence-electron chi connectivity index (χ1n) is 5.52. The molecule has 0 saturated carbocycles. The van der Waals surface area contributed by atoms with Crippen molar-refractivity contribution in [2.24, 2.45) is 0 Å². The first kappa shape index (κ1) is 11.1. The molecule has 1 saturated heterocycles. The molecule has 0 amide bonds. The van der Waals surface area contributed by atoms with E-state index in [0.717, 1.165) is 31.6 Å². The normalized spacial score (nSPS) is 17.3. The van der Waals surface area contributed by atoms with Crippen LogP contribution in [0.3, 0.4) is 0 Å². The zero-order valence-electron chi connectivity index (χ0n) is 9.36. The van der Waals surface area contributed by atoms with E-state index in [4.69, 9.17) is 4.52 Å². The number of methoxy groups -OCH3 is 1. The molecule has 1 aromatic heterocycles. The highest BCUT2D eigenvalue weighted by atomic mass is 16.5. The maximum Gasteiger partial charge on any atom is 0.313 e. The molecule has 0 aromatic carbocycles. The Morgan fingerprint density at radius 1 is 1.62 bits per heavy atom. The maximum absolute atomic E-state index is 11.0. The lowest BCUT2D eigenvalue weighted by Gasteiger charge is -2.19. The molecule has 0 aliphatic carbocycles. The summed E-state index contributed by atoms with van der Waals surface area (Å²) in [6.07, 6.45) is 2.31. The van der Waals surface area contributed by atoms with E-state index in [0.29, 0.717) is 11.7 Å². The van der Waals surface area contributed by atoms with E-state index in [-0.39, 0.29) is 12.4 Å². The topological polar surface area (TPSA) is 64.4 Å². The Balaban J connectivity index is 1.98. The molecule has 1 fully saturated rings. The molecule has 2 rings (SSSR count). The Hall–Kier alpha value is -1.36. The second-order valence-corrected chi connectivity index (χ2v) is 4.00. The Morgan fingerprint density at radius 3 is 3.06 bits per heavy atom. The van der Waals surface area contributed by atoms with E-state index in [1.54, 1.807) is 0 Å². The van der Waals surface area contributed by atoms with E-state index in [9.17, 15) is 4.79 Å². The number of nitrogens with one attached hydrogen (secondary N) is 1. The van der Waals surface area contributed by atoms with Gasteiger partial charge in [-0.2, -0.15) is 0 Å². The first-order valence-corrected chi connectivity index (χ1v) is 5.52. The highest BCUT2D eigenvalue weighted by molar-refractivity contribution is 5.71. The van der Waals surface area contributed by atoms with Crippen molar-refractivity contribution in [3.8, 4) is 0 Å². The average Bonchev–Trinajstić information content (AvgIpc) is 2.78. The van der Waals surface area contributed by atoms with Gasteiger partial charge in [-0.1, -0.05) is 5.16 Å². The number of ether oxygens (including phenoxy) is 1. The summed E-state index contributed by atoms with van der Waals surface area (Å²) in [4.78, 5) is 11.0. The monoisotopic (exact) mass is 224 g/mol. The third-order valence-corrected chi connectivity index (χ3v) is 2.88. The van der Waals surface area contributed by atoms with Gasteiger partial charge in [0.2, 0.25) is 0 Å². The molecule has 1 aromatic rings. The molecule has 16 heavy (non-hydrogen) atoms. The fourth-order valence-electron chi connectivity index (χ4n) is 1.94. The highest BCUT2D eigenvalue weighted by Crippen LogP contribution is 2.24. The summed E-state index contributed by atoms with van der Waals surface area (Å²) in [6, 6.07) is 1.87. The molecular weight excluding hydrogens is 208 g/mol. The van der Waals surface area contributed by atoms with Crippen molar-refractivity contribution in [3.05, 3.63) is 17.5 Å². The van der Waals surface area contributed by atoms with Gasteiger partial charge in [0.25, 0.3) is 0 Å². The van der Waals surface area contributed by atoms with Crippen LogP contribution >= 0.6 is 0 Å². The van der Waals surface area contributed by atoms with Gasteiger partial charge in [0.05, 0.1) is 12.8 Å². The van der Waals surface area contributed by atoms with Crippen LogP contribution in [-0.2, 0) is 16.0 Å². The third kappa shape index (κ3) is 2.61. The van der Waals surface area contributed by atoms with Gasteiger partial charge in [-0.25, -0.2) is 0 Å². The summed E-state index contributed by atoms with van der Waals surface area (Å²) in [5, 5.41) is 7.32. The summed E-state index contributed by atoms with van der Waals surface area (Å²) >= 11 is 0. The molecule has 88 valence electrons. The van der Waals surface area contributed by atoms with Crippen molar-refractivity contribution in [1.82, 2.24) is 10.5 Å². The number of hydrogen-bond donors (Lipinski definition) is 1. The predicted octanol–water partition coefficient (Wildman–Crippen LogP) is 0.857. The fraction of sp³-hybridized carbons (Fsp3) is 0.636.